The summed E-state index contributed by atoms with van der Waals surface area (Å²) in [4.78, 5) is 13.3. The third-order valence-electron chi connectivity index (χ3n) is 3.35. The number of phenolic OH excluding ortho intramolecular Hbond substituents is 1. The molecule has 1 aromatic rings. The summed E-state index contributed by atoms with van der Waals surface area (Å²) in [5.74, 6) is 0.576. The maximum Gasteiger partial charge on any atom is 0.317 e. The summed E-state index contributed by atoms with van der Waals surface area (Å²) in [7, 11) is 1.68. The highest BCUT2D eigenvalue weighted by Gasteiger charge is 2.31. The van der Waals surface area contributed by atoms with Gasteiger partial charge in [0.2, 0.25) is 0 Å². The number of phenols is 1. The standard InChI is InChI=1S/C14H20N2O3/c1-16(9-13(18)11-4-5-11)14(19)15-8-10-2-6-12(17)7-3-10/h2-3,6-7,11,13,17-18H,4-5,8-9H2,1H3,(H,15,19). The Morgan fingerprint density at radius 1 is 1.42 bits per heavy atom. The SMILES string of the molecule is CN(CC(O)C1CC1)C(=O)NCc1ccc(O)cc1. The molecule has 5 heteroatoms. The molecule has 2 rings (SSSR count). The third-order valence-corrected chi connectivity index (χ3v) is 3.35. The van der Waals surface area contributed by atoms with Crippen LogP contribution in [0.3, 0.4) is 0 Å². The molecular formula is C14H20N2O3. The van der Waals surface area contributed by atoms with Gasteiger partial charge in [-0.3, -0.25) is 0 Å². The van der Waals surface area contributed by atoms with Gasteiger partial charge in [0.15, 0.2) is 0 Å². The molecule has 0 spiro atoms. The van der Waals surface area contributed by atoms with Crippen molar-refractivity contribution in [3.8, 4) is 5.75 Å². The smallest absolute Gasteiger partial charge is 0.317 e. The number of aliphatic hydroxyl groups excluding tert-OH is 1. The molecule has 1 fully saturated rings. The highest BCUT2D eigenvalue weighted by atomic mass is 16.3. The van der Waals surface area contributed by atoms with Crippen molar-refractivity contribution in [3.05, 3.63) is 29.8 Å². The number of nitrogens with zero attached hydrogens (tertiary/aromatic N) is 1. The molecule has 2 amide bonds. The molecule has 0 aliphatic heterocycles. The molecule has 1 aliphatic carbocycles. The molecule has 104 valence electrons. The van der Waals surface area contributed by atoms with Crippen molar-refractivity contribution in [2.75, 3.05) is 13.6 Å². The van der Waals surface area contributed by atoms with E-state index in [9.17, 15) is 9.90 Å². The van der Waals surface area contributed by atoms with E-state index in [1.54, 1.807) is 31.3 Å². The van der Waals surface area contributed by atoms with Crippen LogP contribution in [0.15, 0.2) is 24.3 Å². The molecule has 1 aromatic carbocycles. The number of aliphatic hydroxyl groups is 1. The first kappa shape index (κ1) is 13.7. The van der Waals surface area contributed by atoms with E-state index >= 15 is 0 Å². The van der Waals surface area contributed by atoms with Gasteiger partial charge >= 0.3 is 6.03 Å². The Balaban J connectivity index is 1.75. The highest BCUT2D eigenvalue weighted by Crippen LogP contribution is 2.32. The number of amides is 2. The summed E-state index contributed by atoms with van der Waals surface area (Å²) in [5.41, 5.74) is 0.919. The van der Waals surface area contributed by atoms with E-state index in [1.807, 2.05) is 0 Å². The number of benzene rings is 1. The third kappa shape index (κ3) is 4.13. The second-order valence-electron chi connectivity index (χ2n) is 5.11. The molecule has 0 saturated heterocycles. The van der Waals surface area contributed by atoms with Gasteiger partial charge in [0.1, 0.15) is 5.75 Å². The van der Waals surface area contributed by atoms with Gasteiger partial charge in [0, 0.05) is 20.1 Å². The predicted octanol–water partition coefficient (Wildman–Crippen LogP) is 1.30. The van der Waals surface area contributed by atoms with Crippen LogP contribution in [0.25, 0.3) is 0 Å². The molecule has 3 N–H and O–H groups in total. The fourth-order valence-electron chi connectivity index (χ4n) is 1.92. The van der Waals surface area contributed by atoms with Crippen LogP contribution in [0.1, 0.15) is 18.4 Å². The van der Waals surface area contributed by atoms with Gasteiger partial charge in [-0.25, -0.2) is 4.79 Å². The Morgan fingerprint density at radius 2 is 2.05 bits per heavy atom. The van der Waals surface area contributed by atoms with Crippen molar-refractivity contribution in [3.63, 3.8) is 0 Å². The van der Waals surface area contributed by atoms with Crippen molar-refractivity contribution < 1.29 is 15.0 Å². The number of carbonyl (C=O) groups excluding carboxylic acids is 1. The normalized spacial score (nSPS) is 15.9. The van der Waals surface area contributed by atoms with Crippen LogP contribution in [0.2, 0.25) is 0 Å². The summed E-state index contributed by atoms with van der Waals surface area (Å²) in [6.45, 7) is 0.773. The predicted molar refractivity (Wildman–Crippen MR) is 71.7 cm³/mol. The topological polar surface area (TPSA) is 72.8 Å². The lowest BCUT2D eigenvalue weighted by Crippen LogP contribution is -2.41. The second-order valence-corrected chi connectivity index (χ2v) is 5.11. The average molecular weight is 264 g/mol. The van der Waals surface area contributed by atoms with Gasteiger partial charge in [-0.15, -0.1) is 0 Å². The first-order valence-corrected chi connectivity index (χ1v) is 6.51. The number of hydrogen-bond donors (Lipinski definition) is 3. The Morgan fingerprint density at radius 3 is 2.63 bits per heavy atom. The lowest BCUT2D eigenvalue weighted by atomic mass is 10.2. The minimum Gasteiger partial charge on any atom is -0.508 e. The van der Waals surface area contributed by atoms with Crippen LogP contribution < -0.4 is 5.32 Å². The van der Waals surface area contributed by atoms with Gasteiger partial charge in [-0.05, 0) is 36.5 Å². The molecular weight excluding hydrogens is 244 g/mol. The molecule has 1 saturated carbocycles. The Bertz CT molecular complexity index is 429. The van der Waals surface area contributed by atoms with Crippen molar-refractivity contribution >= 4 is 6.03 Å². The van der Waals surface area contributed by atoms with E-state index in [4.69, 9.17) is 5.11 Å². The number of urea groups is 1. The fraction of sp³-hybridized carbons (Fsp3) is 0.500. The zero-order chi connectivity index (χ0) is 13.8. The van der Waals surface area contributed by atoms with Gasteiger partial charge in [0.05, 0.1) is 6.10 Å². The lowest BCUT2D eigenvalue weighted by molar-refractivity contribution is 0.113. The first-order chi connectivity index (χ1) is 9.06. The summed E-state index contributed by atoms with van der Waals surface area (Å²) >= 11 is 0. The zero-order valence-electron chi connectivity index (χ0n) is 11.0. The van der Waals surface area contributed by atoms with Crippen molar-refractivity contribution in [1.29, 1.82) is 0 Å². The van der Waals surface area contributed by atoms with Crippen molar-refractivity contribution in [2.24, 2.45) is 5.92 Å². The zero-order valence-corrected chi connectivity index (χ0v) is 11.0. The summed E-state index contributed by atoms with van der Waals surface area (Å²) in [6, 6.07) is 6.49. The first-order valence-electron chi connectivity index (χ1n) is 6.51. The van der Waals surface area contributed by atoms with E-state index < -0.39 is 6.10 Å². The van der Waals surface area contributed by atoms with Crippen LogP contribution in [0, 0.1) is 5.92 Å². The van der Waals surface area contributed by atoms with Crippen LogP contribution in [0.5, 0.6) is 5.75 Å². The van der Waals surface area contributed by atoms with Crippen molar-refractivity contribution in [2.45, 2.75) is 25.5 Å². The van der Waals surface area contributed by atoms with Gasteiger partial charge < -0.3 is 20.4 Å². The number of rotatable bonds is 5. The van der Waals surface area contributed by atoms with E-state index in [-0.39, 0.29) is 11.8 Å². The number of hydrogen-bond acceptors (Lipinski definition) is 3. The lowest BCUT2D eigenvalue weighted by Gasteiger charge is -2.21. The number of aromatic hydroxyl groups is 1. The van der Waals surface area contributed by atoms with E-state index in [2.05, 4.69) is 5.32 Å². The largest absolute Gasteiger partial charge is 0.508 e. The number of carbonyl (C=O) groups is 1. The molecule has 19 heavy (non-hydrogen) atoms. The number of likely N-dealkylation sites (N-methyl/N-ethyl adjacent to an activating group) is 1. The average Bonchev–Trinajstić information content (AvgIpc) is 3.21. The molecule has 5 nitrogen and oxygen atoms in total. The van der Waals surface area contributed by atoms with Crippen LogP contribution in [-0.4, -0.2) is 40.8 Å². The maximum absolute atomic E-state index is 11.8. The molecule has 1 unspecified atom stereocenters. The Hall–Kier alpha value is -1.75. The van der Waals surface area contributed by atoms with Crippen LogP contribution in [-0.2, 0) is 6.54 Å². The summed E-state index contributed by atoms with van der Waals surface area (Å²) in [6.07, 6.45) is 1.71. The molecule has 0 bridgehead atoms. The summed E-state index contributed by atoms with van der Waals surface area (Å²) < 4.78 is 0. The van der Waals surface area contributed by atoms with E-state index in [0.29, 0.717) is 19.0 Å². The van der Waals surface area contributed by atoms with Gasteiger partial charge in [-0.2, -0.15) is 0 Å². The van der Waals surface area contributed by atoms with E-state index in [1.165, 1.54) is 4.90 Å². The molecule has 0 aromatic heterocycles. The van der Waals surface area contributed by atoms with Gasteiger partial charge in [-0.1, -0.05) is 12.1 Å². The van der Waals surface area contributed by atoms with Crippen LogP contribution >= 0.6 is 0 Å². The molecule has 1 atom stereocenters. The Labute approximate surface area is 112 Å². The quantitative estimate of drug-likeness (QED) is 0.750. The highest BCUT2D eigenvalue weighted by molar-refractivity contribution is 5.73. The minimum atomic E-state index is -0.413. The maximum atomic E-state index is 11.8. The van der Waals surface area contributed by atoms with E-state index in [0.717, 1.165) is 18.4 Å². The van der Waals surface area contributed by atoms with Gasteiger partial charge in [0.25, 0.3) is 0 Å². The number of nitrogens with one attached hydrogen (secondary N) is 1. The molecule has 1 aliphatic rings. The molecule has 0 radical (unpaired) electrons. The monoisotopic (exact) mass is 264 g/mol. The summed E-state index contributed by atoms with van der Waals surface area (Å²) in [5, 5.41) is 21.7. The fourth-order valence-corrected chi connectivity index (χ4v) is 1.92. The minimum absolute atomic E-state index is 0.201. The molecule has 0 heterocycles. The van der Waals surface area contributed by atoms with Crippen LogP contribution in [0.4, 0.5) is 4.79 Å². The van der Waals surface area contributed by atoms with Crippen molar-refractivity contribution in [1.82, 2.24) is 10.2 Å². The second kappa shape index (κ2) is 5.93. The Kier molecular flexibility index (Phi) is 4.27.